The Labute approximate surface area is 102 Å². The second-order valence-electron chi connectivity index (χ2n) is 2.65. The Bertz CT molecular complexity index is 259. The fraction of sp³-hybridized carbons (Fsp3) is 0.750. The zero-order chi connectivity index (χ0) is 14.0. The van der Waals surface area contributed by atoms with Gasteiger partial charge in [0.05, 0.1) is 13.2 Å². The fourth-order valence-corrected chi connectivity index (χ4v) is 0.878. The Morgan fingerprint density at radius 3 is 2.00 bits per heavy atom. The van der Waals surface area contributed by atoms with Gasteiger partial charge in [0.1, 0.15) is 0 Å². The van der Waals surface area contributed by atoms with Crippen LogP contribution in [0.15, 0.2) is 0 Å². The van der Waals surface area contributed by atoms with Gasteiger partial charge in [-0.1, -0.05) is 0 Å². The van der Waals surface area contributed by atoms with Gasteiger partial charge in [0.15, 0.2) is 0 Å². The third-order valence-electron chi connectivity index (χ3n) is 1.32. The summed E-state index contributed by atoms with van der Waals surface area (Å²) in [6.45, 7) is 5.07. The van der Waals surface area contributed by atoms with Crippen molar-refractivity contribution in [3.63, 3.8) is 0 Å². The Hall–Kier alpha value is -1.62. The molecule has 0 aromatic rings. The molecule has 0 aliphatic carbocycles. The average molecular weight is 270 g/mol. The summed E-state index contributed by atoms with van der Waals surface area (Å²) in [5.74, 6) is -1.66. The summed E-state index contributed by atoms with van der Waals surface area (Å²) >= 11 is 0. The number of rotatable bonds is 8. The minimum atomic E-state index is -1.79. The van der Waals surface area contributed by atoms with Gasteiger partial charge in [-0.15, -0.1) is 0 Å². The number of carbonyl (C=O) groups is 2. The highest BCUT2D eigenvalue weighted by Gasteiger charge is 2.32. The largest absolute Gasteiger partial charge is 0.547 e. The van der Waals surface area contributed by atoms with Crippen molar-refractivity contribution < 1.29 is 48.8 Å². The molecule has 0 atom stereocenters. The van der Waals surface area contributed by atoms with Crippen molar-refractivity contribution in [3.8, 4) is 0 Å². The monoisotopic (exact) mass is 270 g/mol. The Kier molecular flexibility index (Phi) is 7.71. The van der Waals surface area contributed by atoms with Crippen LogP contribution in [0, 0.1) is 0 Å². The standard InChI is InChI=1S/C8H14O10/c1-4-12-8(3,13-5-2)14-7(11)16-18-17-15-6(9)10/h4-5H2,1-3H3,(H,9,10). The highest BCUT2D eigenvalue weighted by Crippen LogP contribution is 2.15. The van der Waals surface area contributed by atoms with E-state index in [4.69, 9.17) is 14.6 Å². The van der Waals surface area contributed by atoms with Crippen LogP contribution in [-0.4, -0.2) is 36.6 Å². The SMILES string of the molecule is CCOC(C)(OCC)OC(=O)OOOOC(=O)O. The maximum absolute atomic E-state index is 11.0. The Balaban J connectivity index is 3.98. The minimum Gasteiger partial charge on any atom is -0.448 e. The third kappa shape index (κ3) is 7.62. The van der Waals surface area contributed by atoms with Gasteiger partial charge in [0, 0.05) is 17.0 Å². The van der Waals surface area contributed by atoms with Crippen LogP contribution in [0.2, 0.25) is 0 Å². The number of carboxylic acid groups (broad SMARTS) is 1. The van der Waals surface area contributed by atoms with Crippen molar-refractivity contribution >= 4 is 12.3 Å². The van der Waals surface area contributed by atoms with Crippen molar-refractivity contribution in [2.24, 2.45) is 0 Å². The summed E-state index contributed by atoms with van der Waals surface area (Å²) in [6.07, 6.45) is -3.17. The summed E-state index contributed by atoms with van der Waals surface area (Å²) in [4.78, 5) is 28.1. The lowest BCUT2D eigenvalue weighted by Crippen LogP contribution is -2.38. The predicted molar refractivity (Wildman–Crippen MR) is 50.5 cm³/mol. The van der Waals surface area contributed by atoms with E-state index < -0.39 is 18.3 Å². The Morgan fingerprint density at radius 1 is 1.06 bits per heavy atom. The first-order valence-electron chi connectivity index (χ1n) is 4.85. The van der Waals surface area contributed by atoms with E-state index in [0.717, 1.165) is 0 Å². The van der Waals surface area contributed by atoms with Crippen molar-refractivity contribution in [2.75, 3.05) is 13.2 Å². The summed E-state index contributed by atoms with van der Waals surface area (Å²) in [6, 6.07) is 0. The van der Waals surface area contributed by atoms with Gasteiger partial charge in [-0.2, -0.15) is 0 Å². The van der Waals surface area contributed by atoms with Gasteiger partial charge in [-0.05, 0) is 13.8 Å². The molecular weight excluding hydrogens is 256 g/mol. The molecule has 0 saturated heterocycles. The lowest BCUT2D eigenvalue weighted by Gasteiger charge is -2.26. The van der Waals surface area contributed by atoms with E-state index in [0.29, 0.717) is 0 Å². The number of hydrogen-bond acceptors (Lipinski definition) is 9. The molecule has 0 spiro atoms. The van der Waals surface area contributed by atoms with Crippen molar-refractivity contribution in [1.29, 1.82) is 0 Å². The molecule has 0 bridgehead atoms. The van der Waals surface area contributed by atoms with Crippen LogP contribution in [0.25, 0.3) is 0 Å². The third-order valence-corrected chi connectivity index (χ3v) is 1.32. The fourth-order valence-electron chi connectivity index (χ4n) is 0.878. The molecule has 0 radical (unpaired) electrons. The zero-order valence-corrected chi connectivity index (χ0v) is 10.0. The molecular formula is C8H14O10. The molecule has 0 fully saturated rings. The molecule has 0 aromatic carbocycles. The maximum atomic E-state index is 11.0. The second kappa shape index (κ2) is 8.47. The van der Waals surface area contributed by atoms with Crippen molar-refractivity contribution in [1.82, 2.24) is 0 Å². The maximum Gasteiger partial charge on any atom is 0.547 e. The zero-order valence-electron chi connectivity index (χ0n) is 10.0. The van der Waals surface area contributed by atoms with Crippen molar-refractivity contribution in [3.05, 3.63) is 0 Å². The van der Waals surface area contributed by atoms with Gasteiger partial charge >= 0.3 is 18.3 Å². The van der Waals surface area contributed by atoms with E-state index in [9.17, 15) is 9.59 Å². The van der Waals surface area contributed by atoms with Crippen LogP contribution < -0.4 is 0 Å². The first kappa shape index (κ1) is 16.4. The lowest BCUT2D eigenvalue weighted by molar-refractivity contribution is -0.602. The molecule has 0 saturated carbocycles. The van der Waals surface area contributed by atoms with Crippen LogP contribution >= 0.6 is 0 Å². The minimum absolute atomic E-state index is 0.212. The van der Waals surface area contributed by atoms with Gasteiger partial charge in [0.2, 0.25) is 0 Å². The van der Waals surface area contributed by atoms with Crippen LogP contribution in [0.4, 0.5) is 9.59 Å². The number of carbonyl (C=O) groups excluding carboxylic acids is 1. The topological polar surface area (TPSA) is 119 Å². The molecule has 0 aromatic heterocycles. The molecule has 0 unspecified atom stereocenters. The van der Waals surface area contributed by atoms with Crippen LogP contribution in [0.3, 0.4) is 0 Å². The highest BCUT2D eigenvalue weighted by molar-refractivity contribution is 5.59. The molecule has 106 valence electrons. The molecule has 10 nitrogen and oxygen atoms in total. The summed E-state index contributed by atoms with van der Waals surface area (Å²) in [7, 11) is 0. The van der Waals surface area contributed by atoms with E-state index >= 15 is 0 Å². The van der Waals surface area contributed by atoms with E-state index in [1.54, 1.807) is 13.8 Å². The molecule has 10 heteroatoms. The molecule has 0 amide bonds. The van der Waals surface area contributed by atoms with Crippen molar-refractivity contribution in [2.45, 2.75) is 26.7 Å². The van der Waals surface area contributed by atoms with E-state index in [-0.39, 0.29) is 13.2 Å². The van der Waals surface area contributed by atoms with Gasteiger partial charge in [-0.25, -0.2) is 19.4 Å². The van der Waals surface area contributed by atoms with E-state index in [1.165, 1.54) is 6.92 Å². The van der Waals surface area contributed by atoms with E-state index in [1.807, 2.05) is 0 Å². The normalized spacial score (nSPS) is 10.8. The summed E-state index contributed by atoms with van der Waals surface area (Å²) in [5.41, 5.74) is 0. The lowest BCUT2D eigenvalue weighted by atomic mass is 10.6. The quantitative estimate of drug-likeness (QED) is 0.227. The second-order valence-corrected chi connectivity index (χ2v) is 2.65. The first-order chi connectivity index (χ1) is 8.43. The van der Waals surface area contributed by atoms with Gasteiger partial charge < -0.3 is 19.3 Å². The molecule has 0 rings (SSSR count). The first-order valence-corrected chi connectivity index (χ1v) is 4.85. The average Bonchev–Trinajstić information content (AvgIpc) is 2.24. The summed E-state index contributed by atoms with van der Waals surface area (Å²) < 4.78 is 14.6. The van der Waals surface area contributed by atoms with E-state index in [2.05, 4.69) is 24.6 Å². The van der Waals surface area contributed by atoms with Gasteiger partial charge in [0.25, 0.3) is 0 Å². The highest BCUT2D eigenvalue weighted by atomic mass is 17.7. The van der Waals surface area contributed by atoms with Crippen LogP contribution in [0.5, 0.6) is 0 Å². The van der Waals surface area contributed by atoms with Crippen LogP contribution in [0.1, 0.15) is 20.8 Å². The van der Waals surface area contributed by atoms with Crippen LogP contribution in [-0.2, 0) is 34.1 Å². The molecule has 0 aliphatic heterocycles. The molecule has 1 N–H and O–H groups in total. The Morgan fingerprint density at radius 2 is 1.56 bits per heavy atom. The number of ether oxygens (including phenoxy) is 3. The molecule has 18 heavy (non-hydrogen) atoms. The molecule has 0 heterocycles. The smallest absolute Gasteiger partial charge is 0.448 e. The predicted octanol–water partition coefficient (Wildman–Crippen LogP) is 1.36. The van der Waals surface area contributed by atoms with Gasteiger partial charge in [-0.3, -0.25) is 0 Å². The number of hydrogen-bond donors (Lipinski definition) is 1. The molecule has 0 aliphatic rings. The summed E-state index contributed by atoms with van der Waals surface area (Å²) in [5, 5.41) is 15.1.